The second-order valence-electron chi connectivity index (χ2n) is 7.78. The zero-order chi connectivity index (χ0) is 20.6. The van der Waals surface area contributed by atoms with Crippen LogP contribution in [0.3, 0.4) is 0 Å². The van der Waals surface area contributed by atoms with Crippen LogP contribution in [0.25, 0.3) is 0 Å². The van der Waals surface area contributed by atoms with E-state index >= 15 is 0 Å². The number of aryl methyl sites for hydroxylation is 2. The van der Waals surface area contributed by atoms with Crippen molar-refractivity contribution in [3.63, 3.8) is 0 Å². The molecule has 154 valence electrons. The van der Waals surface area contributed by atoms with Crippen molar-refractivity contribution in [2.75, 3.05) is 26.2 Å². The van der Waals surface area contributed by atoms with E-state index in [1.54, 1.807) is 23.1 Å². The van der Waals surface area contributed by atoms with E-state index in [-0.39, 0.29) is 31.2 Å². The Labute approximate surface area is 172 Å². The van der Waals surface area contributed by atoms with Gasteiger partial charge in [-0.1, -0.05) is 31.2 Å². The number of benzene rings is 2. The fourth-order valence-electron chi connectivity index (χ4n) is 4.01. The van der Waals surface area contributed by atoms with Crippen LogP contribution in [-0.4, -0.2) is 61.9 Å². The van der Waals surface area contributed by atoms with Gasteiger partial charge in [-0.15, -0.1) is 0 Å². The van der Waals surface area contributed by atoms with Gasteiger partial charge in [-0.05, 0) is 48.7 Å². The van der Waals surface area contributed by atoms with E-state index in [9.17, 15) is 13.2 Å². The molecule has 29 heavy (non-hydrogen) atoms. The van der Waals surface area contributed by atoms with Gasteiger partial charge >= 0.3 is 0 Å². The quantitative estimate of drug-likeness (QED) is 0.771. The third-order valence-electron chi connectivity index (χ3n) is 5.57. The van der Waals surface area contributed by atoms with Crippen molar-refractivity contribution in [2.24, 2.45) is 0 Å². The van der Waals surface area contributed by atoms with E-state index in [4.69, 9.17) is 4.74 Å². The Morgan fingerprint density at radius 1 is 1.03 bits per heavy atom. The highest BCUT2D eigenvalue weighted by Crippen LogP contribution is 2.26. The molecular weight excluding hydrogens is 388 g/mol. The Hall–Kier alpha value is -2.22. The monoisotopic (exact) mass is 414 g/mol. The lowest BCUT2D eigenvalue weighted by Crippen LogP contribution is -2.61. The van der Waals surface area contributed by atoms with Crippen molar-refractivity contribution in [1.82, 2.24) is 9.21 Å². The molecule has 2 aliphatic rings. The lowest BCUT2D eigenvalue weighted by atomic mass is 10.1. The summed E-state index contributed by atoms with van der Waals surface area (Å²) < 4.78 is 33.6. The molecule has 0 N–H and O–H groups in total. The highest BCUT2D eigenvalue weighted by Gasteiger charge is 2.41. The van der Waals surface area contributed by atoms with Gasteiger partial charge in [0.2, 0.25) is 10.0 Å². The average molecular weight is 415 g/mol. The van der Waals surface area contributed by atoms with Crippen molar-refractivity contribution in [3.05, 3.63) is 65.2 Å². The summed E-state index contributed by atoms with van der Waals surface area (Å²) in [6, 6.07) is 14.6. The predicted octanol–water partition coefficient (Wildman–Crippen LogP) is 2.47. The molecule has 2 aromatic rings. The Morgan fingerprint density at radius 2 is 1.69 bits per heavy atom. The third-order valence-corrected chi connectivity index (χ3v) is 7.40. The maximum absolute atomic E-state index is 13.1. The predicted molar refractivity (Wildman–Crippen MR) is 110 cm³/mol. The van der Waals surface area contributed by atoms with Crippen molar-refractivity contribution in [1.29, 1.82) is 0 Å². The standard InChI is InChI=1S/C22H26N2O4S/c1-3-17-7-9-18(10-8-17)22(25)23-12-19-14-24(15-20(13-23)28-19)29(26,27)21-6-4-5-16(2)11-21/h4-11,19-20H,3,12-15H2,1-2H3/t19-,20+. The van der Waals surface area contributed by atoms with Crippen LogP contribution in [0, 0.1) is 6.92 Å². The number of carbonyl (C=O) groups is 1. The smallest absolute Gasteiger partial charge is 0.254 e. The van der Waals surface area contributed by atoms with Crippen LogP contribution in [-0.2, 0) is 21.2 Å². The first kappa shape index (κ1) is 20.1. The molecule has 0 unspecified atom stereocenters. The molecule has 2 atom stereocenters. The van der Waals surface area contributed by atoms with Gasteiger partial charge in [0.25, 0.3) is 5.91 Å². The fraction of sp³-hybridized carbons (Fsp3) is 0.409. The summed E-state index contributed by atoms with van der Waals surface area (Å²) in [6.45, 7) is 5.26. The van der Waals surface area contributed by atoms with Gasteiger partial charge in [-0.2, -0.15) is 4.31 Å². The second-order valence-corrected chi connectivity index (χ2v) is 9.72. The highest BCUT2D eigenvalue weighted by atomic mass is 32.2. The first-order valence-corrected chi connectivity index (χ1v) is 11.4. The molecule has 2 saturated heterocycles. The molecule has 0 saturated carbocycles. The normalized spacial score (nSPS) is 22.5. The average Bonchev–Trinajstić information content (AvgIpc) is 2.72. The van der Waals surface area contributed by atoms with Crippen molar-refractivity contribution >= 4 is 15.9 Å². The van der Waals surface area contributed by atoms with E-state index in [0.717, 1.165) is 12.0 Å². The summed E-state index contributed by atoms with van der Waals surface area (Å²) in [5.74, 6) is -0.0269. The number of amides is 1. The summed E-state index contributed by atoms with van der Waals surface area (Å²) in [6.07, 6.45) is 0.295. The van der Waals surface area contributed by atoms with Gasteiger partial charge in [0.1, 0.15) is 0 Å². The Kier molecular flexibility index (Phi) is 5.46. The van der Waals surface area contributed by atoms with E-state index in [2.05, 4.69) is 6.92 Å². The molecule has 0 spiro atoms. The van der Waals surface area contributed by atoms with Crippen LogP contribution in [0.1, 0.15) is 28.4 Å². The van der Waals surface area contributed by atoms with Crippen molar-refractivity contribution in [2.45, 2.75) is 37.4 Å². The maximum atomic E-state index is 13.1. The third kappa shape index (κ3) is 4.08. The first-order valence-electron chi connectivity index (χ1n) is 9.97. The number of sulfonamides is 1. The fourth-order valence-corrected chi connectivity index (χ4v) is 5.62. The molecule has 2 aromatic carbocycles. The molecule has 2 aliphatic heterocycles. The zero-order valence-electron chi connectivity index (χ0n) is 16.7. The summed E-state index contributed by atoms with van der Waals surface area (Å²) in [5.41, 5.74) is 2.76. The van der Waals surface area contributed by atoms with Gasteiger partial charge in [0, 0.05) is 31.7 Å². The molecular formula is C22H26N2O4S. The molecule has 0 aromatic heterocycles. The van der Waals surface area contributed by atoms with Crippen LogP contribution in [0.5, 0.6) is 0 Å². The lowest BCUT2D eigenvalue weighted by Gasteiger charge is -2.45. The number of morpholine rings is 2. The molecule has 4 rings (SSSR count). The number of hydrogen-bond donors (Lipinski definition) is 0. The van der Waals surface area contributed by atoms with E-state index in [1.807, 2.05) is 37.3 Å². The molecule has 7 heteroatoms. The molecule has 2 heterocycles. The summed E-state index contributed by atoms with van der Waals surface area (Å²) in [4.78, 5) is 15.0. The minimum atomic E-state index is -3.57. The first-order chi connectivity index (χ1) is 13.9. The SMILES string of the molecule is CCc1ccc(C(=O)N2C[C@@H]3CN(S(=O)(=O)c4cccc(C)c4)C[C@H](C2)O3)cc1. The molecule has 0 radical (unpaired) electrons. The number of nitrogens with zero attached hydrogens (tertiary/aromatic N) is 2. The largest absolute Gasteiger partial charge is 0.369 e. The minimum Gasteiger partial charge on any atom is -0.369 e. The minimum absolute atomic E-state index is 0.0269. The number of fused-ring (bicyclic) bond motifs is 2. The molecule has 1 amide bonds. The van der Waals surface area contributed by atoms with Gasteiger partial charge in [-0.25, -0.2) is 8.42 Å². The van der Waals surface area contributed by atoms with Crippen LogP contribution < -0.4 is 0 Å². The highest BCUT2D eigenvalue weighted by molar-refractivity contribution is 7.89. The van der Waals surface area contributed by atoms with Crippen LogP contribution in [0.15, 0.2) is 53.4 Å². The lowest BCUT2D eigenvalue weighted by molar-refractivity contribution is -0.113. The Balaban J connectivity index is 1.48. The second kappa shape index (κ2) is 7.89. The Bertz CT molecular complexity index is 990. The number of rotatable bonds is 4. The molecule has 0 aliphatic carbocycles. The maximum Gasteiger partial charge on any atom is 0.254 e. The zero-order valence-corrected chi connectivity index (χ0v) is 17.6. The van der Waals surface area contributed by atoms with Gasteiger partial charge in [0.05, 0.1) is 17.1 Å². The van der Waals surface area contributed by atoms with Crippen LogP contribution >= 0.6 is 0 Å². The van der Waals surface area contributed by atoms with Gasteiger partial charge in [-0.3, -0.25) is 4.79 Å². The topological polar surface area (TPSA) is 66.9 Å². The summed E-state index contributed by atoms with van der Waals surface area (Å²) in [7, 11) is -3.57. The van der Waals surface area contributed by atoms with E-state index in [0.29, 0.717) is 23.5 Å². The molecule has 6 nitrogen and oxygen atoms in total. The Morgan fingerprint density at radius 3 is 2.28 bits per heavy atom. The summed E-state index contributed by atoms with van der Waals surface area (Å²) in [5, 5.41) is 0. The van der Waals surface area contributed by atoms with Gasteiger partial charge < -0.3 is 9.64 Å². The molecule has 2 fully saturated rings. The van der Waals surface area contributed by atoms with E-state index < -0.39 is 10.0 Å². The molecule has 2 bridgehead atoms. The van der Waals surface area contributed by atoms with E-state index in [1.165, 1.54) is 9.87 Å². The van der Waals surface area contributed by atoms with Crippen molar-refractivity contribution < 1.29 is 17.9 Å². The number of ether oxygens (including phenoxy) is 1. The van der Waals surface area contributed by atoms with Crippen LogP contribution in [0.2, 0.25) is 0 Å². The number of hydrogen-bond acceptors (Lipinski definition) is 4. The van der Waals surface area contributed by atoms with Crippen molar-refractivity contribution in [3.8, 4) is 0 Å². The van der Waals surface area contributed by atoms with Crippen LogP contribution in [0.4, 0.5) is 0 Å². The number of carbonyl (C=O) groups excluding carboxylic acids is 1. The summed E-state index contributed by atoms with van der Waals surface area (Å²) >= 11 is 0. The van der Waals surface area contributed by atoms with Gasteiger partial charge in [0.15, 0.2) is 0 Å².